The third-order valence-corrected chi connectivity index (χ3v) is 3.53. The van der Waals surface area contributed by atoms with Crippen LogP contribution in [0.2, 0.25) is 0 Å². The van der Waals surface area contributed by atoms with Crippen molar-refractivity contribution in [3.63, 3.8) is 0 Å². The summed E-state index contributed by atoms with van der Waals surface area (Å²) in [5.41, 5.74) is 3.20. The van der Waals surface area contributed by atoms with E-state index in [2.05, 4.69) is 5.32 Å². The average molecular weight is 321 g/mol. The van der Waals surface area contributed by atoms with E-state index in [4.69, 9.17) is 0 Å². The number of hydrogen-bond donors (Lipinski definition) is 2. The Hall–Kier alpha value is -2.65. The van der Waals surface area contributed by atoms with Gasteiger partial charge in [-0.25, -0.2) is 0 Å². The highest BCUT2D eigenvalue weighted by Gasteiger charge is 2.01. The van der Waals surface area contributed by atoms with Crippen LogP contribution in [0.25, 0.3) is 12.2 Å². The van der Waals surface area contributed by atoms with Gasteiger partial charge in [-0.05, 0) is 36.1 Å². The number of carbonyl (C=O) groups is 1. The molecule has 1 atom stereocenters. The fraction of sp³-hybridized carbons (Fsp3) is 0.190. The van der Waals surface area contributed by atoms with Crippen LogP contribution < -0.4 is 5.32 Å². The monoisotopic (exact) mass is 321 g/mol. The number of aliphatic hydroxyl groups excluding tert-OH is 1. The summed E-state index contributed by atoms with van der Waals surface area (Å²) >= 11 is 0. The maximum Gasteiger partial charge on any atom is 0.244 e. The van der Waals surface area contributed by atoms with Crippen molar-refractivity contribution in [3.05, 3.63) is 83.4 Å². The van der Waals surface area contributed by atoms with Gasteiger partial charge in [-0.15, -0.1) is 0 Å². The predicted molar refractivity (Wildman–Crippen MR) is 99.3 cm³/mol. The van der Waals surface area contributed by atoms with E-state index in [1.54, 1.807) is 25.2 Å². The molecule has 0 aliphatic carbocycles. The highest BCUT2D eigenvalue weighted by Crippen LogP contribution is 2.11. The van der Waals surface area contributed by atoms with Crippen LogP contribution in [0.1, 0.15) is 23.6 Å². The lowest BCUT2D eigenvalue weighted by Gasteiger charge is -2.07. The molecule has 0 aliphatic rings. The van der Waals surface area contributed by atoms with Crippen molar-refractivity contribution >= 4 is 18.1 Å². The quantitative estimate of drug-likeness (QED) is 0.767. The van der Waals surface area contributed by atoms with Crippen LogP contribution in [0.4, 0.5) is 0 Å². The molecule has 2 rings (SSSR count). The van der Waals surface area contributed by atoms with Gasteiger partial charge in [0.05, 0.1) is 6.10 Å². The lowest BCUT2D eigenvalue weighted by molar-refractivity contribution is -0.116. The van der Waals surface area contributed by atoms with Crippen LogP contribution in [0.5, 0.6) is 0 Å². The smallest absolute Gasteiger partial charge is 0.244 e. The molecule has 2 N–H and O–H groups in total. The predicted octanol–water partition coefficient (Wildman–Crippen LogP) is 3.45. The summed E-state index contributed by atoms with van der Waals surface area (Å²) in [4.78, 5) is 11.9. The highest BCUT2D eigenvalue weighted by atomic mass is 16.3. The topological polar surface area (TPSA) is 49.3 Å². The lowest BCUT2D eigenvalue weighted by Crippen LogP contribution is -2.23. The van der Waals surface area contributed by atoms with Gasteiger partial charge in [0.2, 0.25) is 5.91 Å². The van der Waals surface area contributed by atoms with Gasteiger partial charge in [0, 0.05) is 12.6 Å². The molecule has 0 fully saturated rings. The van der Waals surface area contributed by atoms with E-state index in [9.17, 15) is 9.90 Å². The fourth-order valence-corrected chi connectivity index (χ4v) is 2.28. The van der Waals surface area contributed by atoms with Crippen LogP contribution in [0.15, 0.2) is 66.7 Å². The summed E-state index contributed by atoms with van der Waals surface area (Å²) in [6.07, 6.45) is 7.28. The highest BCUT2D eigenvalue weighted by molar-refractivity contribution is 5.91. The molecule has 2 aromatic rings. The van der Waals surface area contributed by atoms with Gasteiger partial charge in [0.15, 0.2) is 0 Å². The first-order valence-corrected chi connectivity index (χ1v) is 8.10. The minimum atomic E-state index is -0.471. The van der Waals surface area contributed by atoms with Gasteiger partial charge in [0.1, 0.15) is 0 Å². The number of carbonyl (C=O) groups excluding carboxylic acids is 1. The third-order valence-electron chi connectivity index (χ3n) is 3.53. The van der Waals surface area contributed by atoms with Crippen LogP contribution in [-0.4, -0.2) is 23.7 Å². The number of nitrogens with one attached hydrogen (secondary N) is 1. The molecule has 0 spiro atoms. The van der Waals surface area contributed by atoms with E-state index in [1.165, 1.54) is 0 Å². The zero-order valence-corrected chi connectivity index (χ0v) is 13.9. The molecule has 0 aromatic heterocycles. The Morgan fingerprint density at radius 3 is 2.54 bits per heavy atom. The Balaban J connectivity index is 1.86. The fourth-order valence-electron chi connectivity index (χ4n) is 2.28. The maximum atomic E-state index is 11.9. The van der Waals surface area contributed by atoms with Crippen molar-refractivity contribution < 1.29 is 9.90 Å². The zero-order valence-electron chi connectivity index (χ0n) is 13.9. The standard InChI is InChI=1S/C21H23NO2/c1-17(23)11-13-19-9-5-6-10-20(19)15-16-22-21(24)14-12-18-7-3-2-4-8-18/h2-14,17,23H,15-16H2,1H3,(H,22,24)/b13-11+,14-12+/t17-/m0/s1. The second-order valence-corrected chi connectivity index (χ2v) is 5.58. The van der Waals surface area contributed by atoms with E-state index < -0.39 is 6.10 Å². The molecule has 2 aromatic carbocycles. The number of benzene rings is 2. The molecule has 0 bridgehead atoms. The molecule has 3 nitrogen and oxygen atoms in total. The van der Waals surface area contributed by atoms with Gasteiger partial charge < -0.3 is 10.4 Å². The molecule has 0 heterocycles. The number of rotatable bonds is 7. The number of amides is 1. The zero-order chi connectivity index (χ0) is 17.2. The van der Waals surface area contributed by atoms with Crippen LogP contribution in [0, 0.1) is 0 Å². The van der Waals surface area contributed by atoms with E-state index in [0.717, 1.165) is 23.1 Å². The van der Waals surface area contributed by atoms with Gasteiger partial charge in [-0.2, -0.15) is 0 Å². The van der Waals surface area contributed by atoms with Gasteiger partial charge in [-0.3, -0.25) is 4.79 Å². The van der Waals surface area contributed by atoms with Crippen LogP contribution >= 0.6 is 0 Å². The molecule has 3 heteroatoms. The lowest BCUT2D eigenvalue weighted by atomic mass is 10.0. The van der Waals surface area contributed by atoms with E-state index in [-0.39, 0.29) is 5.91 Å². The second kappa shape index (κ2) is 9.48. The first-order chi connectivity index (χ1) is 11.6. The molecule has 0 saturated carbocycles. The largest absolute Gasteiger partial charge is 0.389 e. The van der Waals surface area contributed by atoms with E-state index in [0.29, 0.717) is 6.54 Å². The Labute approximate surface area is 143 Å². The van der Waals surface area contributed by atoms with Crippen molar-refractivity contribution in [1.82, 2.24) is 5.32 Å². The number of aliphatic hydroxyl groups is 1. The van der Waals surface area contributed by atoms with Crippen molar-refractivity contribution in [3.8, 4) is 0 Å². The van der Waals surface area contributed by atoms with Crippen molar-refractivity contribution in [2.45, 2.75) is 19.4 Å². The molecule has 1 amide bonds. The second-order valence-electron chi connectivity index (χ2n) is 5.58. The Kier molecular flexibility index (Phi) is 6.99. The average Bonchev–Trinajstić information content (AvgIpc) is 2.60. The van der Waals surface area contributed by atoms with Gasteiger partial charge >= 0.3 is 0 Å². The molecule has 24 heavy (non-hydrogen) atoms. The minimum Gasteiger partial charge on any atom is -0.389 e. The summed E-state index contributed by atoms with van der Waals surface area (Å²) in [6.45, 7) is 2.29. The van der Waals surface area contributed by atoms with Crippen molar-refractivity contribution in [2.24, 2.45) is 0 Å². The van der Waals surface area contributed by atoms with Gasteiger partial charge in [-0.1, -0.05) is 66.7 Å². The Morgan fingerprint density at radius 1 is 1.08 bits per heavy atom. The van der Waals surface area contributed by atoms with Crippen molar-refractivity contribution in [2.75, 3.05) is 6.54 Å². The Bertz CT molecular complexity index is 703. The molecule has 0 unspecified atom stereocenters. The van der Waals surface area contributed by atoms with Crippen LogP contribution in [0.3, 0.4) is 0 Å². The van der Waals surface area contributed by atoms with E-state index in [1.807, 2.05) is 60.7 Å². The SMILES string of the molecule is C[C@H](O)/C=C/c1ccccc1CCNC(=O)/C=C/c1ccccc1. The third kappa shape index (κ3) is 6.23. The van der Waals surface area contributed by atoms with Gasteiger partial charge in [0.25, 0.3) is 0 Å². The Morgan fingerprint density at radius 2 is 1.79 bits per heavy atom. The summed E-state index contributed by atoms with van der Waals surface area (Å²) < 4.78 is 0. The molecule has 124 valence electrons. The van der Waals surface area contributed by atoms with E-state index >= 15 is 0 Å². The summed E-state index contributed by atoms with van der Waals surface area (Å²) in [7, 11) is 0. The first kappa shape index (κ1) is 17.7. The molecule has 0 saturated heterocycles. The molecular weight excluding hydrogens is 298 g/mol. The summed E-state index contributed by atoms with van der Waals surface area (Å²) in [6, 6.07) is 17.7. The summed E-state index contributed by atoms with van der Waals surface area (Å²) in [5.74, 6) is -0.101. The minimum absolute atomic E-state index is 0.101. The first-order valence-electron chi connectivity index (χ1n) is 8.10. The number of hydrogen-bond acceptors (Lipinski definition) is 2. The van der Waals surface area contributed by atoms with Crippen LogP contribution in [-0.2, 0) is 11.2 Å². The molecule has 0 radical (unpaired) electrons. The molecule has 0 aliphatic heterocycles. The van der Waals surface area contributed by atoms with Crippen molar-refractivity contribution in [1.29, 1.82) is 0 Å². The normalized spacial score (nSPS) is 12.6. The maximum absolute atomic E-state index is 11.9. The molecular formula is C21H23NO2. The summed E-state index contributed by atoms with van der Waals surface area (Å²) in [5, 5.41) is 12.2.